The lowest BCUT2D eigenvalue weighted by Crippen LogP contribution is -2.24. The molecule has 3 N–H and O–H groups in total. The molecule has 103 valence electrons. The number of hydrogen-bond acceptors (Lipinski definition) is 2. The van der Waals surface area contributed by atoms with E-state index < -0.39 is 0 Å². The van der Waals surface area contributed by atoms with Gasteiger partial charge in [0.1, 0.15) is 0 Å². The Kier molecular flexibility index (Phi) is 3.59. The normalized spacial score (nSPS) is 15.6. The van der Waals surface area contributed by atoms with Gasteiger partial charge >= 0.3 is 0 Å². The predicted molar refractivity (Wildman–Crippen MR) is 82.1 cm³/mol. The highest BCUT2D eigenvalue weighted by atomic mass is 16.1. The van der Waals surface area contributed by atoms with E-state index in [0.717, 1.165) is 10.8 Å². The number of amides is 1. The summed E-state index contributed by atoms with van der Waals surface area (Å²) in [7, 11) is 0. The molecule has 20 heavy (non-hydrogen) atoms. The molecule has 1 aliphatic rings. The van der Waals surface area contributed by atoms with E-state index in [-0.39, 0.29) is 5.91 Å². The molecule has 1 saturated carbocycles. The number of carbonyl (C=O) groups excluding carboxylic acids is 1. The van der Waals surface area contributed by atoms with E-state index >= 15 is 0 Å². The number of fused-ring (bicyclic) bond motifs is 1. The number of nitrogens with one attached hydrogen (secondary N) is 1. The number of anilines is 1. The molecule has 2 aromatic rings. The van der Waals surface area contributed by atoms with Crippen molar-refractivity contribution >= 4 is 22.4 Å². The zero-order valence-corrected chi connectivity index (χ0v) is 11.4. The predicted octanol–water partition coefficient (Wildman–Crippen LogP) is 3.50. The summed E-state index contributed by atoms with van der Waals surface area (Å²) in [4.78, 5) is 12.2. The smallest absolute Gasteiger partial charge is 0.253 e. The quantitative estimate of drug-likeness (QED) is 0.836. The second-order valence-electron chi connectivity index (χ2n) is 5.47. The minimum atomic E-state index is -0.111. The highest BCUT2D eigenvalue weighted by molar-refractivity contribution is 6.04. The average Bonchev–Trinajstić information content (AvgIpc) is 2.97. The van der Waals surface area contributed by atoms with Crippen LogP contribution in [-0.4, -0.2) is 5.91 Å². The number of nitrogen functional groups attached to an aromatic ring is 1. The largest absolute Gasteiger partial charge is 0.398 e. The lowest BCUT2D eigenvalue weighted by molar-refractivity contribution is 0.0960. The Hall–Kier alpha value is -2.03. The van der Waals surface area contributed by atoms with E-state index in [1.165, 1.54) is 25.7 Å². The molecule has 0 aliphatic heterocycles. The Morgan fingerprint density at radius 3 is 2.50 bits per heavy atom. The molecule has 3 heteroatoms. The van der Waals surface area contributed by atoms with E-state index in [9.17, 15) is 4.79 Å². The van der Waals surface area contributed by atoms with E-state index in [1.807, 2.05) is 42.9 Å². The van der Waals surface area contributed by atoms with Crippen LogP contribution in [-0.2, 0) is 0 Å². The third-order valence-corrected chi connectivity index (χ3v) is 4.01. The lowest BCUT2D eigenvalue weighted by Gasteiger charge is -2.12. The molecule has 0 unspecified atom stereocenters. The summed E-state index contributed by atoms with van der Waals surface area (Å²) in [6.07, 6.45) is 4.87. The number of hydrogen-bond donors (Lipinski definition) is 2. The van der Waals surface area contributed by atoms with Gasteiger partial charge in [-0.05, 0) is 41.7 Å². The van der Waals surface area contributed by atoms with Gasteiger partial charge in [-0.25, -0.2) is 0 Å². The molecule has 0 bridgehead atoms. The van der Waals surface area contributed by atoms with E-state index in [2.05, 4.69) is 5.32 Å². The molecule has 1 fully saturated rings. The van der Waals surface area contributed by atoms with Gasteiger partial charge in [-0.3, -0.25) is 4.79 Å². The Labute approximate surface area is 119 Å². The minimum Gasteiger partial charge on any atom is -0.398 e. The molecule has 0 aromatic heterocycles. The second kappa shape index (κ2) is 5.53. The van der Waals surface area contributed by atoms with E-state index in [4.69, 9.17) is 5.73 Å². The van der Waals surface area contributed by atoms with Crippen molar-refractivity contribution in [1.29, 1.82) is 0 Å². The number of nitrogens with two attached hydrogens (primary N) is 1. The van der Waals surface area contributed by atoms with Crippen LogP contribution < -0.4 is 11.1 Å². The molecular weight excluding hydrogens is 248 g/mol. The van der Waals surface area contributed by atoms with Crippen LogP contribution in [0.1, 0.15) is 36.0 Å². The number of rotatable bonds is 3. The van der Waals surface area contributed by atoms with Crippen molar-refractivity contribution in [1.82, 2.24) is 5.32 Å². The van der Waals surface area contributed by atoms with Gasteiger partial charge in [0.05, 0.1) is 12.1 Å². The maximum atomic E-state index is 12.2. The van der Waals surface area contributed by atoms with Crippen LogP contribution in [0.4, 0.5) is 5.69 Å². The summed E-state index contributed by atoms with van der Waals surface area (Å²) < 4.78 is 0. The topological polar surface area (TPSA) is 55.1 Å². The Morgan fingerprint density at radius 2 is 1.80 bits per heavy atom. The monoisotopic (exact) mass is 267 g/mol. The van der Waals surface area contributed by atoms with Crippen LogP contribution in [0.15, 0.2) is 36.4 Å². The SMILES string of the molecule is Nc1cc2ccccc2cc1C(=O)N[CH]C1CCCC1. The fraction of sp³-hybridized carbons (Fsp3) is 0.294. The van der Waals surface area contributed by atoms with Gasteiger partial charge in [0, 0.05) is 5.69 Å². The minimum absolute atomic E-state index is 0.111. The van der Waals surface area contributed by atoms with Gasteiger partial charge < -0.3 is 11.1 Å². The molecule has 2 aromatic carbocycles. The van der Waals surface area contributed by atoms with Crippen LogP contribution in [0.3, 0.4) is 0 Å². The molecule has 0 atom stereocenters. The van der Waals surface area contributed by atoms with Gasteiger partial charge in [0.2, 0.25) is 0 Å². The van der Waals surface area contributed by atoms with Crippen LogP contribution >= 0.6 is 0 Å². The van der Waals surface area contributed by atoms with Crippen molar-refractivity contribution < 1.29 is 4.79 Å². The van der Waals surface area contributed by atoms with Gasteiger partial charge in [-0.2, -0.15) is 0 Å². The zero-order chi connectivity index (χ0) is 13.9. The summed E-state index contributed by atoms with van der Waals surface area (Å²) in [5, 5.41) is 4.99. The van der Waals surface area contributed by atoms with Crippen LogP contribution in [0.5, 0.6) is 0 Å². The Balaban J connectivity index is 1.77. The van der Waals surface area contributed by atoms with Crippen LogP contribution in [0.25, 0.3) is 10.8 Å². The molecule has 1 amide bonds. The molecule has 1 radical (unpaired) electrons. The molecule has 3 nitrogen and oxygen atoms in total. The standard InChI is InChI=1S/C17H19N2O/c18-16-10-14-8-4-3-7-13(14)9-15(16)17(20)19-11-12-5-1-2-6-12/h3-4,7-12H,1-2,5-6,18H2,(H,19,20). The van der Waals surface area contributed by atoms with Crippen molar-refractivity contribution in [2.24, 2.45) is 5.92 Å². The summed E-state index contributed by atoms with van der Waals surface area (Å²) in [6, 6.07) is 11.6. The summed E-state index contributed by atoms with van der Waals surface area (Å²) in [6.45, 7) is 1.93. The Morgan fingerprint density at radius 1 is 1.15 bits per heavy atom. The van der Waals surface area contributed by atoms with Crippen molar-refractivity contribution in [2.45, 2.75) is 25.7 Å². The van der Waals surface area contributed by atoms with Crippen LogP contribution in [0, 0.1) is 12.5 Å². The van der Waals surface area contributed by atoms with Crippen molar-refractivity contribution in [3.63, 3.8) is 0 Å². The summed E-state index contributed by atoms with van der Waals surface area (Å²) >= 11 is 0. The van der Waals surface area contributed by atoms with Crippen LogP contribution in [0.2, 0.25) is 0 Å². The Bertz CT molecular complexity index is 630. The zero-order valence-electron chi connectivity index (χ0n) is 11.4. The van der Waals surface area contributed by atoms with Gasteiger partial charge in [-0.15, -0.1) is 0 Å². The fourth-order valence-electron chi connectivity index (χ4n) is 2.85. The first kappa shape index (κ1) is 13.0. The molecule has 0 heterocycles. The maximum absolute atomic E-state index is 12.2. The highest BCUT2D eigenvalue weighted by Gasteiger charge is 2.17. The molecule has 0 spiro atoms. The van der Waals surface area contributed by atoms with E-state index in [1.54, 1.807) is 0 Å². The van der Waals surface area contributed by atoms with Gasteiger partial charge in [-0.1, -0.05) is 37.1 Å². The lowest BCUT2D eigenvalue weighted by atomic mass is 10.0. The molecule has 3 rings (SSSR count). The maximum Gasteiger partial charge on any atom is 0.253 e. The van der Waals surface area contributed by atoms with Gasteiger partial charge in [0.25, 0.3) is 5.91 Å². The number of carbonyl (C=O) groups is 1. The van der Waals surface area contributed by atoms with Crippen molar-refractivity contribution in [2.75, 3.05) is 5.73 Å². The molecule has 0 saturated heterocycles. The van der Waals surface area contributed by atoms with E-state index in [0.29, 0.717) is 17.2 Å². The first-order chi connectivity index (χ1) is 9.74. The highest BCUT2D eigenvalue weighted by Crippen LogP contribution is 2.26. The third-order valence-electron chi connectivity index (χ3n) is 4.01. The second-order valence-corrected chi connectivity index (χ2v) is 5.47. The van der Waals surface area contributed by atoms with Gasteiger partial charge in [0.15, 0.2) is 0 Å². The van der Waals surface area contributed by atoms with Crippen molar-refractivity contribution in [3.05, 3.63) is 48.5 Å². The average molecular weight is 267 g/mol. The summed E-state index contributed by atoms with van der Waals surface area (Å²) in [5.74, 6) is 0.404. The fourth-order valence-corrected chi connectivity index (χ4v) is 2.85. The molecular formula is C17H19N2O. The third kappa shape index (κ3) is 2.62. The van der Waals surface area contributed by atoms with Crippen molar-refractivity contribution in [3.8, 4) is 0 Å². The summed E-state index contributed by atoms with van der Waals surface area (Å²) in [5.41, 5.74) is 7.08. The number of benzene rings is 2. The molecule has 1 aliphatic carbocycles. The first-order valence-corrected chi connectivity index (χ1v) is 7.16. The first-order valence-electron chi connectivity index (χ1n) is 7.16.